The lowest BCUT2D eigenvalue weighted by Gasteiger charge is -2.20. The predicted octanol–water partition coefficient (Wildman–Crippen LogP) is 2.03. The molecule has 0 fully saturated rings. The smallest absolute Gasteiger partial charge is 0.335 e. The van der Waals surface area contributed by atoms with Crippen LogP contribution in [0.3, 0.4) is 0 Å². The van der Waals surface area contributed by atoms with Gasteiger partial charge in [-0.25, -0.2) is 4.79 Å². The number of thiol groups is 2. The lowest BCUT2D eigenvalue weighted by Crippen LogP contribution is -2.34. The number of nitrogens with one attached hydrogen (secondary N) is 2. The highest BCUT2D eigenvalue weighted by atomic mass is 32.1. The monoisotopic (exact) mass is 332 g/mol. The molecule has 0 aliphatic heterocycles. The third-order valence-electron chi connectivity index (χ3n) is 2.32. The minimum absolute atomic E-state index is 0.169. The molecule has 0 aliphatic carbocycles. The quantitative estimate of drug-likeness (QED) is 0.420. The van der Waals surface area contributed by atoms with Gasteiger partial charge in [0.25, 0.3) is 0 Å². The van der Waals surface area contributed by atoms with Crippen molar-refractivity contribution in [2.45, 2.75) is 6.04 Å². The van der Waals surface area contributed by atoms with Gasteiger partial charge in [-0.3, -0.25) is 0 Å². The summed E-state index contributed by atoms with van der Waals surface area (Å²) in [6.07, 6.45) is 0. The predicted molar refractivity (Wildman–Crippen MR) is 90.4 cm³/mol. The van der Waals surface area contributed by atoms with Crippen LogP contribution in [0.25, 0.3) is 0 Å². The van der Waals surface area contributed by atoms with Crippen LogP contribution in [0.2, 0.25) is 0 Å². The first-order chi connectivity index (χ1) is 8.90. The molecule has 102 valence electrons. The zero-order valence-electron chi connectivity index (χ0n) is 9.66. The van der Waals surface area contributed by atoms with E-state index in [1.54, 1.807) is 12.1 Å². The Morgan fingerprint density at radius 3 is 2.21 bits per heavy atom. The highest BCUT2D eigenvalue weighted by molar-refractivity contribution is 8.11. The standard InChI is InChI=1S/C11H12N2O2S4/c14-9(15)7-3-1-6(2-4-7)8(13-11(18)19)5-12-10(16)17/h1-4,8H,5H2,(H,14,15)(H2,12,16,17)(H2,13,18,19). The summed E-state index contributed by atoms with van der Waals surface area (Å²) < 4.78 is 0.721. The van der Waals surface area contributed by atoms with E-state index >= 15 is 0 Å². The topological polar surface area (TPSA) is 61.4 Å². The Hall–Kier alpha value is -0.830. The van der Waals surface area contributed by atoms with E-state index in [1.807, 2.05) is 0 Å². The van der Waals surface area contributed by atoms with Crippen LogP contribution in [0.5, 0.6) is 0 Å². The Morgan fingerprint density at radius 2 is 1.79 bits per heavy atom. The van der Waals surface area contributed by atoms with E-state index in [0.29, 0.717) is 15.2 Å². The molecule has 1 rings (SSSR count). The second-order valence-corrected chi connectivity index (χ2v) is 5.93. The fourth-order valence-electron chi connectivity index (χ4n) is 1.45. The van der Waals surface area contributed by atoms with Gasteiger partial charge >= 0.3 is 5.97 Å². The number of carboxylic acids is 1. The molecule has 8 heteroatoms. The summed E-state index contributed by atoms with van der Waals surface area (Å²) in [6, 6.07) is 6.34. The number of rotatable bonds is 5. The third-order valence-corrected chi connectivity index (χ3v) is 2.86. The lowest BCUT2D eigenvalue weighted by molar-refractivity contribution is 0.0697. The number of benzene rings is 1. The Kier molecular flexibility index (Phi) is 6.56. The van der Waals surface area contributed by atoms with Crippen LogP contribution in [-0.4, -0.2) is 26.3 Å². The summed E-state index contributed by atoms with van der Waals surface area (Å²) >= 11 is 17.7. The van der Waals surface area contributed by atoms with Gasteiger partial charge in [-0.1, -0.05) is 36.6 Å². The number of hydrogen-bond donors (Lipinski definition) is 5. The SMILES string of the molecule is O=C(O)c1ccc(C(CNC(=S)S)NC(=S)S)cc1. The first-order valence-corrected chi connectivity index (χ1v) is 6.90. The van der Waals surface area contributed by atoms with Gasteiger partial charge in [0.15, 0.2) is 0 Å². The highest BCUT2D eigenvalue weighted by Crippen LogP contribution is 2.14. The molecule has 3 N–H and O–H groups in total. The van der Waals surface area contributed by atoms with E-state index in [0.717, 1.165) is 5.56 Å². The van der Waals surface area contributed by atoms with Crippen molar-refractivity contribution in [3.05, 3.63) is 35.4 Å². The van der Waals surface area contributed by atoms with Crippen molar-refractivity contribution in [1.29, 1.82) is 0 Å². The fourth-order valence-corrected chi connectivity index (χ4v) is 1.92. The van der Waals surface area contributed by atoms with E-state index in [-0.39, 0.29) is 11.6 Å². The third kappa shape index (κ3) is 5.77. The maximum absolute atomic E-state index is 10.8. The van der Waals surface area contributed by atoms with Gasteiger partial charge in [0.2, 0.25) is 0 Å². The largest absolute Gasteiger partial charge is 0.478 e. The van der Waals surface area contributed by atoms with Crippen LogP contribution < -0.4 is 10.6 Å². The Morgan fingerprint density at radius 1 is 1.21 bits per heavy atom. The normalized spacial score (nSPS) is 11.5. The molecular weight excluding hydrogens is 320 g/mol. The second-order valence-electron chi connectivity index (χ2n) is 3.62. The molecule has 0 radical (unpaired) electrons. The van der Waals surface area contributed by atoms with Crippen LogP contribution >= 0.6 is 49.7 Å². The summed E-state index contributed by atoms with van der Waals surface area (Å²) in [6.45, 7) is 0.468. The van der Waals surface area contributed by atoms with Crippen molar-refractivity contribution < 1.29 is 9.90 Å². The van der Waals surface area contributed by atoms with E-state index < -0.39 is 5.97 Å². The molecule has 0 heterocycles. The maximum atomic E-state index is 10.8. The zero-order valence-corrected chi connectivity index (χ0v) is 13.1. The molecule has 1 unspecified atom stereocenters. The van der Waals surface area contributed by atoms with Crippen molar-refractivity contribution >= 4 is 64.3 Å². The second kappa shape index (κ2) is 7.68. The highest BCUT2D eigenvalue weighted by Gasteiger charge is 2.12. The number of thiocarbonyl (C=S) groups is 2. The summed E-state index contributed by atoms with van der Waals surface area (Å²) in [5.41, 5.74) is 1.10. The first-order valence-electron chi connectivity index (χ1n) is 5.19. The molecule has 1 aromatic rings. The average Bonchev–Trinajstić information content (AvgIpc) is 2.34. The molecule has 4 nitrogen and oxygen atoms in total. The van der Waals surface area contributed by atoms with Gasteiger partial charge in [0.05, 0.1) is 11.6 Å². The zero-order chi connectivity index (χ0) is 14.4. The van der Waals surface area contributed by atoms with Crippen molar-refractivity contribution in [2.24, 2.45) is 0 Å². The molecule has 19 heavy (non-hydrogen) atoms. The van der Waals surface area contributed by atoms with Crippen LogP contribution in [0.15, 0.2) is 24.3 Å². The van der Waals surface area contributed by atoms with Gasteiger partial charge < -0.3 is 15.7 Å². The van der Waals surface area contributed by atoms with E-state index in [4.69, 9.17) is 29.5 Å². The van der Waals surface area contributed by atoms with Gasteiger partial charge in [0, 0.05) is 6.54 Å². The van der Waals surface area contributed by atoms with Crippen molar-refractivity contribution in [3.63, 3.8) is 0 Å². The van der Waals surface area contributed by atoms with E-state index in [2.05, 4.69) is 35.9 Å². The van der Waals surface area contributed by atoms with Crippen LogP contribution in [0.1, 0.15) is 22.0 Å². The molecule has 0 amide bonds. The van der Waals surface area contributed by atoms with Crippen LogP contribution in [0.4, 0.5) is 0 Å². The molecule has 0 aromatic heterocycles. The molecule has 0 saturated carbocycles. The molecular formula is C11H12N2O2S4. The van der Waals surface area contributed by atoms with Gasteiger partial charge in [0.1, 0.15) is 8.64 Å². The van der Waals surface area contributed by atoms with Crippen molar-refractivity contribution in [2.75, 3.05) is 6.54 Å². The van der Waals surface area contributed by atoms with E-state index in [1.165, 1.54) is 12.1 Å². The Labute approximate surface area is 132 Å². The number of carboxylic acid groups (broad SMARTS) is 1. The molecule has 1 aromatic carbocycles. The summed E-state index contributed by atoms with van der Waals surface area (Å²) in [5.74, 6) is -0.963. The molecule has 0 saturated heterocycles. The minimum Gasteiger partial charge on any atom is -0.478 e. The molecule has 0 bridgehead atoms. The average molecular weight is 332 g/mol. The fraction of sp³-hybridized carbons (Fsp3) is 0.182. The van der Waals surface area contributed by atoms with Gasteiger partial charge in [-0.05, 0) is 17.7 Å². The molecule has 1 atom stereocenters. The molecule has 0 aliphatic rings. The molecule has 0 spiro atoms. The van der Waals surface area contributed by atoms with Crippen molar-refractivity contribution in [3.8, 4) is 0 Å². The number of aromatic carboxylic acids is 1. The van der Waals surface area contributed by atoms with Crippen LogP contribution in [-0.2, 0) is 0 Å². The lowest BCUT2D eigenvalue weighted by atomic mass is 10.0. The summed E-state index contributed by atoms with van der Waals surface area (Å²) in [4.78, 5) is 10.8. The first kappa shape index (κ1) is 16.2. The number of hydrogen-bond acceptors (Lipinski definition) is 3. The Bertz CT molecular complexity index is 490. The van der Waals surface area contributed by atoms with Gasteiger partial charge in [-0.15, -0.1) is 25.3 Å². The van der Waals surface area contributed by atoms with Crippen molar-refractivity contribution in [1.82, 2.24) is 10.6 Å². The van der Waals surface area contributed by atoms with Gasteiger partial charge in [-0.2, -0.15) is 0 Å². The Balaban J connectivity index is 2.86. The van der Waals surface area contributed by atoms with Crippen LogP contribution in [0, 0.1) is 0 Å². The summed E-state index contributed by atoms with van der Waals surface area (Å²) in [5, 5.41) is 14.8. The number of carbonyl (C=O) groups is 1. The van der Waals surface area contributed by atoms with E-state index in [9.17, 15) is 4.79 Å². The summed E-state index contributed by atoms with van der Waals surface area (Å²) in [7, 11) is 0. The maximum Gasteiger partial charge on any atom is 0.335 e. The minimum atomic E-state index is -0.963.